The molecule has 152 valence electrons. The molecule has 1 aromatic rings. The number of benzene rings is 1. The molecule has 1 aliphatic heterocycles. The number of likely N-dealkylation sites (tertiary alicyclic amines) is 1. The smallest absolute Gasteiger partial charge is 0.317 e. The third-order valence-electron chi connectivity index (χ3n) is 5.63. The third-order valence-corrected chi connectivity index (χ3v) is 5.63. The van der Waals surface area contributed by atoms with Gasteiger partial charge in [-0.2, -0.15) is 0 Å². The van der Waals surface area contributed by atoms with E-state index in [9.17, 15) is 19.5 Å². The van der Waals surface area contributed by atoms with Crippen LogP contribution in [0.1, 0.15) is 24.8 Å². The molecular weight excluding hydrogens is 366 g/mol. The topological polar surface area (TPSA) is 131 Å². The minimum atomic E-state index is -0.804. The summed E-state index contributed by atoms with van der Waals surface area (Å²) in [6, 6.07) is 4.82. The number of rotatable bonds is 7. The number of carbonyl (C=O) groups is 3. The summed E-state index contributed by atoms with van der Waals surface area (Å²) in [6.07, 6.45) is 2.37. The van der Waals surface area contributed by atoms with Gasteiger partial charge in [0.15, 0.2) is 18.1 Å². The minimum Gasteiger partial charge on any atom is -0.493 e. The van der Waals surface area contributed by atoms with Crippen molar-refractivity contribution in [2.24, 2.45) is 17.1 Å². The maximum Gasteiger partial charge on any atom is 0.317 e. The lowest BCUT2D eigenvalue weighted by atomic mass is 9.81. The Morgan fingerprint density at radius 3 is 2.79 bits per heavy atom. The van der Waals surface area contributed by atoms with Crippen molar-refractivity contribution in [2.75, 3.05) is 26.8 Å². The number of fused-ring (bicyclic) bond motifs is 1. The molecule has 2 aliphatic rings. The summed E-state index contributed by atoms with van der Waals surface area (Å²) in [5.41, 5.74) is 5.06. The number of carboxylic acid groups (broad SMARTS) is 1. The van der Waals surface area contributed by atoms with Crippen molar-refractivity contribution in [1.82, 2.24) is 10.2 Å². The van der Waals surface area contributed by atoms with Gasteiger partial charge in [0, 0.05) is 19.6 Å². The average molecular weight is 391 g/mol. The third kappa shape index (κ3) is 3.83. The standard InChI is InChI=1S/C19H25N3O6/c1-27-15-7-12(4-5-14(15)28-10-16(20)23)8-21-18(26)22-9-13-3-2-6-19(13,11-22)17(24)25/h4-5,7,13H,2-3,6,8-11H2,1H3,(H2,20,23)(H,21,26)(H,24,25)/t13-,19+/m0/s1. The van der Waals surface area contributed by atoms with Gasteiger partial charge in [-0.05, 0) is 36.5 Å². The first-order chi connectivity index (χ1) is 13.4. The maximum atomic E-state index is 12.5. The zero-order valence-electron chi connectivity index (χ0n) is 15.8. The molecule has 1 aliphatic carbocycles. The first-order valence-electron chi connectivity index (χ1n) is 9.20. The Morgan fingerprint density at radius 2 is 2.14 bits per heavy atom. The molecular formula is C19H25N3O6. The second-order valence-corrected chi connectivity index (χ2v) is 7.33. The molecule has 2 atom stereocenters. The molecule has 1 heterocycles. The van der Waals surface area contributed by atoms with Crippen LogP contribution < -0.4 is 20.5 Å². The number of amides is 3. The van der Waals surface area contributed by atoms with Crippen LogP contribution in [0.3, 0.4) is 0 Å². The maximum absolute atomic E-state index is 12.5. The van der Waals surface area contributed by atoms with E-state index in [2.05, 4.69) is 5.32 Å². The number of carbonyl (C=O) groups excluding carboxylic acids is 2. The molecule has 2 fully saturated rings. The summed E-state index contributed by atoms with van der Waals surface area (Å²) in [4.78, 5) is 36.7. The molecule has 1 saturated carbocycles. The average Bonchev–Trinajstić information content (AvgIpc) is 3.23. The molecule has 28 heavy (non-hydrogen) atoms. The van der Waals surface area contributed by atoms with E-state index in [1.807, 2.05) is 0 Å². The Labute approximate surface area is 162 Å². The van der Waals surface area contributed by atoms with E-state index in [0.29, 0.717) is 24.5 Å². The number of urea groups is 1. The first kappa shape index (κ1) is 19.8. The van der Waals surface area contributed by atoms with Gasteiger partial charge in [0.1, 0.15) is 0 Å². The summed E-state index contributed by atoms with van der Waals surface area (Å²) < 4.78 is 10.5. The monoisotopic (exact) mass is 391 g/mol. The molecule has 3 amide bonds. The number of hydrogen-bond acceptors (Lipinski definition) is 5. The number of nitrogens with zero attached hydrogens (tertiary/aromatic N) is 1. The molecule has 9 heteroatoms. The SMILES string of the molecule is COc1cc(CNC(=O)N2C[C@@H]3CCC[C@@]3(C(=O)O)C2)ccc1OCC(N)=O. The van der Waals surface area contributed by atoms with Crippen molar-refractivity contribution in [2.45, 2.75) is 25.8 Å². The molecule has 0 bridgehead atoms. The molecule has 0 spiro atoms. The van der Waals surface area contributed by atoms with Gasteiger partial charge in [0.2, 0.25) is 0 Å². The molecule has 0 radical (unpaired) electrons. The molecule has 0 unspecified atom stereocenters. The highest BCUT2D eigenvalue weighted by molar-refractivity contribution is 5.80. The summed E-state index contributed by atoms with van der Waals surface area (Å²) in [6.45, 7) is 0.726. The van der Waals surface area contributed by atoms with Crippen molar-refractivity contribution in [3.63, 3.8) is 0 Å². The minimum absolute atomic E-state index is 0.0255. The van der Waals surface area contributed by atoms with Gasteiger partial charge in [-0.3, -0.25) is 9.59 Å². The van der Waals surface area contributed by atoms with E-state index in [1.54, 1.807) is 23.1 Å². The number of nitrogens with two attached hydrogens (primary N) is 1. The van der Waals surface area contributed by atoms with Crippen LogP contribution >= 0.6 is 0 Å². The fraction of sp³-hybridized carbons (Fsp3) is 0.526. The quantitative estimate of drug-likeness (QED) is 0.634. The zero-order valence-corrected chi connectivity index (χ0v) is 15.8. The summed E-state index contributed by atoms with van der Waals surface area (Å²) in [5, 5.41) is 12.5. The largest absolute Gasteiger partial charge is 0.493 e. The van der Waals surface area contributed by atoms with Gasteiger partial charge < -0.3 is 30.5 Å². The van der Waals surface area contributed by atoms with Gasteiger partial charge in [-0.1, -0.05) is 12.5 Å². The van der Waals surface area contributed by atoms with Crippen molar-refractivity contribution in [1.29, 1.82) is 0 Å². The van der Waals surface area contributed by atoms with Crippen LogP contribution in [-0.2, 0) is 16.1 Å². The van der Waals surface area contributed by atoms with Gasteiger partial charge >= 0.3 is 12.0 Å². The summed E-state index contributed by atoms with van der Waals surface area (Å²) in [5.74, 6) is -0.562. The highest BCUT2D eigenvalue weighted by atomic mass is 16.5. The Kier molecular flexibility index (Phi) is 5.62. The number of carboxylic acids is 1. The Bertz CT molecular complexity index is 783. The summed E-state index contributed by atoms with van der Waals surface area (Å²) >= 11 is 0. The lowest BCUT2D eigenvalue weighted by Crippen LogP contribution is -2.41. The number of primary amides is 1. The molecule has 3 rings (SSSR count). The molecule has 4 N–H and O–H groups in total. The molecule has 1 aromatic carbocycles. The van der Waals surface area contributed by atoms with Crippen LogP contribution in [0.4, 0.5) is 4.79 Å². The number of aliphatic carboxylic acids is 1. The Balaban J connectivity index is 1.59. The second kappa shape index (κ2) is 7.95. The van der Waals surface area contributed by atoms with E-state index in [0.717, 1.165) is 18.4 Å². The molecule has 9 nitrogen and oxygen atoms in total. The lowest BCUT2D eigenvalue weighted by molar-refractivity contribution is -0.149. The van der Waals surface area contributed by atoms with Gasteiger partial charge in [0.05, 0.1) is 12.5 Å². The lowest BCUT2D eigenvalue weighted by Gasteiger charge is -2.23. The van der Waals surface area contributed by atoms with E-state index in [1.165, 1.54) is 7.11 Å². The van der Waals surface area contributed by atoms with Crippen LogP contribution in [0.25, 0.3) is 0 Å². The van der Waals surface area contributed by atoms with Crippen LogP contribution in [0.5, 0.6) is 11.5 Å². The Morgan fingerprint density at radius 1 is 1.36 bits per heavy atom. The van der Waals surface area contributed by atoms with Crippen LogP contribution in [0, 0.1) is 11.3 Å². The number of nitrogens with one attached hydrogen (secondary N) is 1. The number of methoxy groups -OCH3 is 1. The number of hydrogen-bond donors (Lipinski definition) is 3. The molecule has 0 aromatic heterocycles. The van der Waals surface area contributed by atoms with Gasteiger partial charge in [-0.25, -0.2) is 4.79 Å². The van der Waals surface area contributed by atoms with E-state index >= 15 is 0 Å². The summed E-state index contributed by atoms with van der Waals surface area (Å²) in [7, 11) is 1.48. The van der Waals surface area contributed by atoms with Crippen molar-refractivity contribution in [3.8, 4) is 11.5 Å². The van der Waals surface area contributed by atoms with E-state index in [4.69, 9.17) is 15.2 Å². The van der Waals surface area contributed by atoms with Crippen LogP contribution in [-0.4, -0.2) is 54.7 Å². The fourth-order valence-corrected chi connectivity index (χ4v) is 4.17. The predicted molar refractivity (Wildman–Crippen MR) is 98.9 cm³/mol. The van der Waals surface area contributed by atoms with Gasteiger partial charge in [-0.15, -0.1) is 0 Å². The normalized spacial score (nSPS) is 23.2. The van der Waals surface area contributed by atoms with Crippen LogP contribution in [0.15, 0.2) is 18.2 Å². The van der Waals surface area contributed by atoms with Crippen molar-refractivity contribution < 1.29 is 29.0 Å². The first-order valence-corrected chi connectivity index (χ1v) is 9.20. The van der Waals surface area contributed by atoms with Crippen molar-refractivity contribution >= 4 is 17.9 Å². The van der Waals surface area contributed by atoms with E-state index < -0.39 is 17.3 Å². The van der Waals surface area contributed by atoms with Crippen molar-refractivity contribution in [3.05, 3.63) is 23.8 Å². The highest BCUT2D eigenvalue weighted by Crippen LogP contribution is 2.48. The highest BCUT2D eigenvalue weighted by Gasteiger charge is 2.55. The van der Waals surface area contributed by atoms with Gasteiger partial charge in [0.25, 0.3) is 5.91 Å². The zero-order chi connectivity index (χ0) is 20.3. The number of ether oxygens (including phenoxy) is 2. The van der Waals surface area contributed by atoms with Crippen LogP contribution in [0.2, 0.25) is 0 Å². The Hall–Kier alpha value is -2.97. The fourth-order valence-electron chi connectivity index (χ4n) is 4.17. The predicted octanol–water partition coefficient (Wildman–Crippen LogP) is 0.956. The molecule has 1 saturated heterocycles. The second-order valence-electron chi connectivity index (χ2n) is 7.33. The van der Waals surface area contributed by atoms with E-state index in [-0.39, 0.29) is 31.6 Å².